The molecule has 1 aliphatic heterocycles. The lowest BCUT2D eigenvalue weighted by molar-refractivity contribution is -0.129. The second-order valence-corrected chi connectivity index (χ2v) is 10.3. The van der Waals surface area contributed by atoms with Gasteiger partial charge < -0.3 is 15.0 Å². The van der Waals surface area contributed by atoms with Crippen LogP contribution in [0.5, 0.6) is 5.75 Å². The molecule has 4 heteroatoms. The fourth-order valence-electron chi connectivity index (χ4n) is 3.98. The third-order valence-corrected chi connectivity index (χ3v) is 6.33. The van der Waals surface area contributed by atoms with Gasteiger partial charge in [-0.15, -0.1) is 0 Å². The van der Waals surface area contributed by atoms with Gasteiger partial charge in [0.25, 0.3) is 5.91 Å². The summed E-state index contributed by atoms with van der Waals surface area (Å²) < 4.78 is 6.19. The fourth-order valence-corrected chi connectivity index (χ4v) is 3.98. The summed E-state index contributed by atoms with van der Waals surface area (Å²) in [4.78, 5) is 15.4. The van der Waals surface area contributed by atoms with Crippen LogP contribution in [0, 0.1) is 12.8 Å². The molecule has 1 aromatic rings. The molecule has 32 heavy (non-hydrogen) atoms. The first-order chi connectivity index (χ1) is 15.0. The molecule has 0 saturated carbocycles. The minimum absolute atomic E-state index is 0.00697. The Morgan fingerprint density at radius 3 is 2.56 bits per heavy atom. The van der Waals surface area contributed by atoms with Gasteiger partial charge in [-0.05, 0) is 81.9 Å². The number of benzene rings is 1. The number of nitrogens with one attached hydrogen (secondary N) is 1. The molecule has 0 unspecified atom stereocenters. The van der Waals surface area contributed by atoms with Crippen LogP contribution in [-0.4, -0.2) is 30.0 Å². The lowest BCUT2D eigenvalue weighted by Crippen LogP contribution is -2.44. The van der Waals surface area contributed by atoms with E-state index in [1.807, 2.05) is 46.2 Å². The van der Waals surface area contributed by atoms with Crippen LogP contribution < -0.4 is 10.1 Å². The van der Waals surface area contributed by atoms with Crippen LogP contribution in [0.1, 0.15) is 64.7 Å². The minimum Gasteiger partial charge on any atom is -0.488 e. The van der Waals surface area contributed by atoms with Crippen molar-refractivity contribution >= 4 is 11.5 Å². The highest BCUT2D eigenvalue weighted by atomic mass is 16.5. The van der Waals surface area contributed by atoms with Crippen LogP contribution in [0.2, 0.25) is 0 Å². The lowest BCUT2D eigenvalue weighted by atomic mass is 9.88. The maximum atomic E-state index is 13.6. The Hall–Kier alpha value is -2.75. The molecule has 0 bridgehead atoms. The molecular formula is C28H38N2O2. The van der Waals surface area contributed by atoms with Crippen molar-refractivity contribution in [2.45, 2.75) is 66.8 Å². The number of amides is 1. The smallest absolute Gasteiger partial charge is 0.255 e. The number of allylic oxidation sites excluding steroid dienone is 4. The largest absolute Gasteiger partial charge is 0.488 e. The summed E-state index contributed by atoms with van der Waals surface area (Å²) in [5.74, 6) is 1.48. The number of ether oxygens (including phenoxy) is 1. The maximum Gasteiger partial charge on any atom is 0.255 e. The highest BCUT2D eigenvalue weighted by Crippen LogP contribution is 2.38. The normalized spacial score (nSPS) is 16.2. The molecule has 0 fully saturated rings. The third kappa shape index (κ3) is 5.17. The number of hydrogen-bond donors (Lipinski definition) is 1. The van der Waals surface area contributed by atoms with Gasteiger partial charge in [0.05, 0.1) is 5.57 Å². The number of nitrogens with zero attached hydrogens (tertiary/aromatic N) is 1. The number of rotatable bonds is 6. The molecule has 1 aliphatic carbocycles. The summed E-state index contributed by atoms with van der Waals surface area (Å²) in [7, 11) is 1.87. The third-order valence-electron chi connectivity index (χ3n) is 6.33. The van der Waals surface area contributed by atoms with Crippen molar-refractivity contribution < 1.29 is 9.53 Å². The Balaban J connectivity index is 2.06. The van der Waals surface area contributed by atoms with E-state index >= 15 is 0 Å². The van der Waals surface area contributed by atoms with Crippen LogP contribution in [0.3, 0.4) is 0 Å². The van der Waals surface area contributed by atoms with Gasteiger partial charge in [-0.2, -0.15) is 0 Å². The molecule has 1 aromatic carbocycles. The molecule has 1 heterocycles. The van der Waals surface area contributed by atoms with Crippen LogP contribution in [-0.2, 0) is 11.2 Å². The number of aryl methyl sites for hydroxylation is 1. The average Bonchev–Trinajstić information content (AvgIpc) is 3.22. The highest BCUT2D eigenvalue weighted by Gasteiger charge is 2.30. The van der Waals surface area contributed by atoms with Crippen molar-refractivity contribution in [1.29, 1.82) is 0 Å². The van der Waals surface area contributed by atoms with E-state index in [1.54, 1.807) is 4.90 Å². The van der Waals surface area contributed by atoms with Gasteiger partial charge in [0.15, 0.2) is 0 Å². The fraction of sp³-hybridized carbons (Fsp3) is 0.464. The van der Waals surface area contributed by atoms with Crippen molar-refractivity contribution in [3.63, 3.8) is 0 Å². The van der Waals surface area contributed by atoms with Gasteiger partial charge in [-0.25, -0.2) is 0 Å². The van der Waals surface area contributed by atoms with Crippen molar-refractivity contribution in [2.24, 2.45) is 5.92 Å². The van der Waals surface area contributed by atoms with Crippen LogP contribution in [0.4, 0.5) is 0 Å². The monoisotopic (exact) mass is 434 g/mol. The van der Waals surface area contributed by atoms with E-state index in [0.717, 1.165) is 41.0 Å². The Kier molecular flexibility index (Phi) is 7.02. The Bertz CT molecular complexity index is 1020. The van der Waals surface area contributed by atoms with Gasteiger partial charge in [0.2, 0.25) is 0 Å². The molecule has 1 N–H and O–H groups in total. The Labute approximate surface area is 193 Å². The second-order valence-electron chi connectivity index (χ2n) is 10.3. The standard InChI is InChI=1S/C28H38N2O2/c1-18(2)13-21-15-23-20(4)25(17-32-26(23)14-19(21)3)24(16-29-22-11-9-10-12-22)27(31)30(8)28(5,6)7/h9-11,14-16,18,29H,12-13,17H2,1-8H3/b24-16+. The van der Waals surface area contributed by atoms with Gasteiger partial charge in [0.1, 0.15) is 12.4 Å². The molecule has 0 radical (unpaired) electrons. The molecule has 1 amide bonds. The van der Waals surface area contributed by atoms with E-state index in [4.69, 9.17) is 4.74 Å². The molecule has 0 spiro atoms. The molecule has 0 saturated heterocycles. The van der Waals surface area contributed by atoms with Crippen LogP contribution >= 0.6 is 0 Å². The van der Waals surface area contributed by atoms with Crippen molar-refractivity contribution in [2.75, 3.05) is 13.7 Å². The van der Waals surface area contributed by atoms with E-state index < -0.39 is 0 Å². The molecule has 172 valence electrons. The first-order valence-electron chi connectivity index (χ1n) is 11.6. The van der Waals surface area contributed by atoms with E-state index in [1.165, 1.54) is 11.1 Å². The van der Waals surface area contributed by atoms with E-state index in [-0.39, 0.29) is 11.4 Å². The topological polar surface area (TPSA) is 41.6 Å². The summed E-state index contributed by atoms with van der Waals surface area (Å²) in [6, 6.07) is 4.40. The van der Waals surface area contributed by atoms with E-state index in [9.17, 15) is 4.79 Å². The summed E-state index contributed by atoms with van der Waals surface area (Å²) >= 11 is 0. The Morgan fingerprint density at radius 1 is 1.25 bits per heavy atom. The predicted molar refractivity (Wildman–Crippen MR) is 133 cm³/mol. The van der Waals surface area contributed by atoms with Gasteiger partial charge >= 0.3 is 0 Å². The SMILES string of the molecule is CC1=C(/C(=C\NC2=CC=CC2)C(=O)N(C)C(C)(C)C)COc2cc(C)c(CC(C)C)cc21. The highest BCUT2D eigenvalue weighted by molar-refractivity contribution is 6.01. The van der Waals surface area contributed by atoms with Gasteiger partial charge in [0, 0.05) is 42.0 Å². The first kappa shape index (κ1) is 23.9. The van der Waals surface area contributed by atoms with E-state index in [0.29, 0.717) is 18.1 Å². The quantitative estimate of drug-likeness (QED) is 0.564. The van der Waals surface area contributed by atoms with Crippen LogP contribution in [0.25, 0.3) is 5.57 Å². The molecule has 3 rings (SSSR count). The molecule has 0 atom stereocenters. The van der Waals surface area contributed by atoms with E-state index in [2.05, 4.69) is 51.2 Å². The number of fused-ring (bicyclic) bond motifs is 1. The second kappa shape index (κ2) is 9.40. The maximum absolute atomic E-state index is 13.6. The first-order valence-corrected chi connectivity index (χ1v) is 11.6. The summed E-state index contributed by atoms with van der Waals surface area (Å²) in [5, 5.41) is 3.36. The van der Waals surface area contributed by atoms with Crippen molar-refractivity contribution in [1.82, 2.24) is 10.2 Å². The minimum atomic E-state index is -0.284. The molecular weight excluding hydrogens is 396 g/mol. The predicted octanol–water partition coefficient (Wildman–Crippen LogP) is 5.93. The molecule has 0 aromatic heterocycles. The average molecular weight is 435 g/mol. The van der Waals surface area contributed by atoms with Crippen molar-refractivity contribution in [3.8, 4) is 5.75 Å². The Morgan fingerprint density at radius 2 is 1.97 bits per heavy atom. The number of carbonyl (C=O) groups excluding carboxylic acids is 1. The van der Waals surface area contributed by atoms with Crippen LogP contribution in [0.15, 0.2) is 53.4 Å². The molecule has 4 nitrogen and oxygen atoms in total. The van der Waals surface area contributed by atoms with Crippen molar-refractivity contribution in [3.05, 3.63) is 70.1 Å². The summed E-state index contributed by atoms with van der Waals surface area (Å²) in [6.07, 6.45) is 9.91. The summed E-state index contributed by atoms with van der Waals surface area (Å²) in [5.41, 5.74) is 7.20. The molecule has 2 aliphatic rings. The zero-order chi connectivity index (χ0) is 23.6. The van der Waals surface area contributed by atoms with Gasteiger partial charge in [-0.1, -0.05) is 26.0 Å². The zero-order valence-electron chi connectivity index (χ0n) is 20.9. The number of hydrogen-bond acceptors (Lipinski definition) is 3. The summed E-state index contributed by atoms with van der Waals surface area (Å²) in [6.45, 7) is 15.3. The number of carbonyl (C=O) groups is 1. The zero-order valence-corrected chi connectivity index (χ0v) is 20.9. The van der Waals surface area contributed by atoms with Gasteiger partial charge in [-0.3, -0.25) is 4.79 Å². The lowest BCUT2D eigenvalue weighted by Gasteiger charge is -2.34. The number of likely N-dealkylation sites (N-methyl/N-ethyl adjacent to an activating group) is 1.